The van der Waals surface area contributed by atoms with Crippen LogP contribution in [0.4, 0.5) is 14.5 Å². The Hall–Kier alpha value is -3.59. The van der Waals surface area contributed by atoms with E-state index in [1.54, 1.807) is 31.2 Å². The van der Waals surface area contributed by atoms with Crippen LogP contribution in [0, 0.1) is 17.0 Å². The molecule has 0 spiro atoms. The molecule has 178 valence electrons. The average molecular weight is 468 g/mol. The van der Waals surface area contributed by atoms with Crippen LogP contribution in [-0.2, 0) is 19.5 Å². The third-order valence-electron chi connectivity index (χ3n) is 5.91. The molecule has 1 aliphatic rings. The summed E-state index contributed by atoms with van der Waals surface area (Å²) < 4.78 is 34.1. The number of aromatic nitrogens is 2. The molecule has 4 rings (SSSR count). The van der Waals surface area contributed by atoms with Crippen molar-refractivity contribution < 1.29 is 13.5 Å². The van der Waals surface area contributed by atoms with Gasteiger partial charge in [-0.1, -0.05) is 25.1 Å². The normalized spacial score (nSPS) is 13.4. The van der Waals surface area contributed by atoms with Gasteiger partial charge in [-0.15, -0.1) is 0 Å². The highest BCUT2D eigenvalue weighted by molar-refractivity contribution is 6.11. The lowest BCUT2D eigenvalue weighted by Crippen LogP contribution is -2.36. The number of anilines is 1. The number of aromatic amines is 1. The van der Waals surface area contributed by atoms with Gasteiger partial charge in [0.2, 0.25) is 0 Å². The number of ether oxygens (including phenoxy) is 1. The lowest BCUT2D eigenvalue weighted by Gasteiger charge is -2.26. The van der Waals surface area contributed by atoms with E-state index in [1.165, 1.54) is 0 Å². The molecular weight excluding hydrogens is 440 g/mol. The molecule has 1 aliphatic heterocycles. The third-order valence-corrected chi connectivity index (χ3v) is 5.91. The van der Waals surface area contributed by atoms with Crippen LogP contribution in [-0.4, -0.2) is 40.3 Å². The van der Waals surface area contributed by atoms with Gasteiger partial charge in [0.25, 0.3) is 5.56 Å². The molecule has 2 heterocycles. The highest BCUT2D eigenvalue weighted by atomic mass is 19.1. The number of nitrogens with one attached hydrogen (secondary N) is 3. The minimum Gasteiger partial charge on any atom is -0.494 e. The quantitative estimate of drug-likeness (QED) is 0.438. The highest BCUT2D eigenvalue weighted by Crippen LogP contribution is 2.24. The van der Waals surface area contributed by atoms with Gasteiger partial charge in [-0.3, -0.25) is 15.1 Å². The molecule has 1 aromatic heterocycles. The largest absolute Gasteiger partial charge is 0.494 e. The molecule has 3 N–H and O–H groups in total. The van der Waals surface area contributed by atoms with E-state index in [1.807, 2.05) is 6.92 Å². The maximum absolute atomic E-state index is 14.5. The molecule has 3 aromatic rings. The van der Waals surface area contributed by atoms with Gasteiger partial charge in [-0.05, 0) is 19.5 Å². The number of likely N-dealkylation sites (N-methyl/N-ethyl adjacent to an activating group) is 1. The summed E-state index contributed by atoms with van der Waals surface area (Å²) in [5.74, 6) is -1.13. The number of hydrogen-bond acceptors (Lipinski definition) is 6. The van der Waals surface area contributed by atoms with Crippen molar-refractivity contribution in [3.63, 3.8) is 0 Å². The molecule has 0 saturated heterocycles. The average Bonchev–Trinajstić information content (AvgIpc) is 2.83. The lowest BCUT2D eigenvalue weighted by atomic mass is 10.0. The molecule has 0 atom stereocenters. The third kappa shape index (κ3) is 4.84. The summed E-state index contributed by atoms with van der Waals surface area (Å²) in [7, 11) is 0. The topological polar surface area (TPSA) is 94.1 Å². The summed E-state index contributed by atoms with van der Waals surface area (Å²) in [6.07, 6.45) is 0.642. The Bertz CT molecular complexity index is 1250. The predicted molar refractivity (Wildman–Crippen MR) is 127 cm³/mol. The van der Waals surface area contributed by atoms with Crippen molar-refractivity contribution >= 4 is 11.4 Å². The van der Waals surface area contributed by atoms with E-state index in [4.69, 9.17) is 10.1 Å². The number of hydrogen-bond donors (Lipinski definition) is 3. The smallest absolute Gasteiger partial charge is 0.255 e. The number of rotatable bonds is 8. The van der Waals surface area contributed by atoms with Crippen LogP contribution in [0.3, 0.4) is 0 Å². The SMILES string of the molecule is CCOc1cc(F)c(CNc2ccccc2C(=N)c2nc3c(c(=O)[nH]2)CN(CC)CC3)c(F)c1. The van der Waals surface area contributed by atoms with Crippen molar-refractivity contribution in [2.75, 3.05) is 25.0 Å². The van der Waals surface area contributed by atoms with Crippen molar-refractivity contribution in [1.82, 2.24) is 14.9 Å². The fourth-order valence-corrected chi connectivity index (χ4v) is 4.03. The molecule has 2 aromatic carbocycles. The Morgan fingerprint density at radius 2 is 1.97 bits per heavy atom. The molecule has 0 unspecified atom stereocenters. The fraction of sp³-hybridized carbons (Fsp3) is 0.320. The first-order chi connectivity index (χ1) is 16.4. The first-order valence-electron chi connectivity index (χ1n) is 11.3. The number of para-hydroxylation sites is 1. The Labute approximate surface area is 196 Å². The summed E-state index contributed by atoms with van der Waals surface area (Å²) in [6, 6.07) is 9.23. The maximum Gasteiger partial charge on any atom is 0.255 e. The van der Waals surface area contributed by atoms with E-state index in [0.29, 0.717) is 42.1 Å². The van der Waals surface area contributed by atoms with Crippen LogP contribution in [0.5, 0.6) is 5.75 Å². The minimum absolute atomic E-state index is 0.0218. The number of halogens is 2. The molecule has 7 nitrogen and oxygen atoms in total. The van der Waals surface area contributed by atoms with Crippen LogP contribution in [0.2, 0.25) is 0 Å². The zero-order valence-corrected chi connectivity index (χ0v) is 19.2. The van der Waals surface area contributed by atoms with Crippen molar-refractivity contribution in [1.29, 1.82) is 5.41 Å². The van der Waals surface area contributed by atoms with Gasteiger partial charge in [0.05, 0.1) is 17.9 Å². The maximum atomic E-state index is 14.5. The molecule has 9 heteroatoms. The Morgan fingerprint density at radius 1 is 1.24 bits per heavy atom. The number of nitrogens with zero attached hydrogens (tertiary/aromatic N) is 2. The molecule has 0 bridgehead atoms. The van der Waals surface area contributed by atoms with E-state index in [9.17, 15) is 13.6 Å². The second-order valence-corrected chi connectivity index (χ2v) is 8.03. The zero-order chi connectivity index (χ0) is 24.2. The second kappa shape index (κ2) is 10.1. The Balaban J connectivity index is 1.58. The van der Waals surface area contributed by atoms with Crippen LogP contribution in [0.15, 0.2) is 41.2 Å². The molecular formula is C25H27F2N5O2. The van der Waals surface area contributed by atoms with Gasteiger partial charge < -0.3 is 15.0 Å². The molecule has 0 saturated carbocycles. The van der Waals surface area contributed by atoms with Gasteiger partial charge in [-0.25, -0.2) is 13.8 Å². The van der Waals surface area contributed by atoms with Gasteiger partial charge in [0, 0.05) is 55.0 Å². The summed E-state index contributed by atoms with van der Waals surface area (Å²) >= 11 is 0. The van der Waals surface area contributed by atoms with E-state index in [-0.39, 0.29) is 35.0 Å². The van der Waals surface area contributed by atoms with Gasteiger partial charge >= 0.3 is 0 Å². The summed E-state index contributed by atoms with van der Waals surface area (Å²) in [6.45, 7) is 6.17. The van der Waals surface area contributed by atoms with Crippen LogP contribution in [0.25, 0.3) is 0 Å². The van der Waals surface area contributed by atoms with E-state index in [2.05, 4.69) is 20.2 Å². The summed E-state index contributed by atoms with van der Waals surface area (Å²) in [5, 5.41) is 11.7. The van der Waals surface area contributed by atoms with E-state index in [0.717, 1.165) is 25.2 Å². The summed E-state index contributed by atoms with van der Waals surface area (Å²) in [5.41, 5.74) is 1.95. The number of H-pyrrole nitrogens is 1. The first-order valence-corrected chi connectivity index (χ1v) is 11.3. The van der Waals surface area contributed by atoms with Crippen LogP contribution < -0.4 is 15.6 Å². The minimum atomic E-state index is -0.717. The molecule has 0 radical (unpaired) electrons. The van der Waals surface area contributed by atoms with E-state index >= 15 is 0 Å². The lowest BCUT2D eigenvalue weighted by molar-refractivity contribution is 0.264. The summed E-state index contributed by atoms with van der Waals surface area (Å²) in [4.78, 5) is 22.2. The second-order valence-electron chi connectivity index (χ2n) is 8.03. The molecule has 0 amide bonds. The van der Waals surface area contributed by atoms with Crippen LogP contribution in [0.1, 0.15) is 42.1 Å². The standard InChI is InChI=1S/C25H27F2N5O2/c1-3-32-10-9-22-18(14-32)25(33)31-24(30-22)23(28)16-7-5-6-8-21(16)29-13-17-19(26)11-15(34-4-2)12-20(17)27/h5-8,11-12,28-29H,3-4,9-10,13-14H2,1-2H3,(H,30,31,33). The number of fused-ring (bicyclic) bond motifs is 1. The Kier molecular flexibility index (Phi) is 7.02. The first kappa shape index (κ1) is 23.6. The predicted octanol–water partition coefficient (Wildman–Crippen LogP) is 3.85. The van der Waals surface area contributed by atoms with Crippen molar-refractivity contribution in [2.24, 2.45) is 0 Å². The number of benzene rings is 2. The Morgan fingerprint density at radius 3 is 2.68 bits per heavy atom. The van der Waals surface area contributed by atoms with Gasteiger partial charge in [-0.2, -0.15) is 0 Å². The van der Waals surface area contributed by atoms with Crippen molar-refractivity contribution in [3.8, 4) is 5.75 Å². The van der Waals surface area contributed by atoms with Crippen molar-refractivity contribution in [2.45, 2.75) is 33.4 Å². The fourth-order valence-electron chi connectivity index (χ4n) is 4.03. The molecule has 0 fully saturated rings. The molecule has 34 heavy (non-hydrogen) atoms. The van der Waals surface area contributed by atoms with Crippen molar-refractivity contribution in [3.05, 3.63) is 86.6 Å². The molecule has 0 aliphatic carbocycles. The van der Waals surface area contributed by atoms with Gasteiger partial charge in [0.15, 0.2) is 5.82 Å². The monoisotopic (exact) mass is 467 g/mol. The zero-order valence-electron chi connectivity index (χ0n) is 19.2. The van der Waals surface area contributed by atoms with Crippen LogP contribution >= 0.6 is 0 Å². The highest BCUT2D eigenvalue weighted by Gasteiger charge is 2.22. The van der Waals surface area contributed by atoms with Gasteiger partial charge in [0.1, 0.15) is 23.1 Å². The van der Waals surface area contributed by atoms with E-state index < -0.39 is 11.6 Å².